The van der Waals surface area contributed by atoms with E-state index >= 15 is 0 Å². The van der Waals surface area contributed by atoms with Gasteiger partial charge in [0.25, 0.3) is 0 Å². The van der Waals surface area contributed by atoms with Crippen molar-refractivity contribution < 1.29 is 14.7 Å². The van der Waals surface area contributed by atoms with Gasteiger partial charge < -0.3 is 10.0 Å². The third kappa shape index (κ3) is 2.52. The summed E-state index contributed by atoms with van der Waals surface area (Å²) in [6, 6.07) is 7.62. The highest BCUT2D eigenvalue weighted by atomic mass is 35.5. The number of amides is 1. The molecule has 1 amide bonds. The Hall–Kier alpha value is -1.55. The summed E-state index contributed by atoms with van der Waals surface area (Å²) >= 11 is 5.96. The highest BCUT2D eigenvalue weighted by molar-refractivity contribution is 6.30. The van der Waals surface area contributed by atoms with E-state index in [4.69, 9.17) is 16.7 Å². The largest absolute Gasteiger partial charge is 0.481 e. The summed E-state index contributed by atoms with van der Waals surface area (Å²) in [5.74, 6) is -0.866. The second-order valence-corrected chi connectivity index (χ2v) is 6.05. The van der Waals surface area contributed by atoms with Crippen LogP contribution >= 0.6 is 11.6 Å². The van der Waals surface area contributed by atoms with Crippen molar-refractivity contribution in [1.29, 1.82) is 0 Å². The van der Waals surface area contributed by atoms with Crippen molar-refractivity contribution in [3.8, 4) is 0 Å². The topological polar surface area (TPSA) is 57.6 Å². The molecular weight excluding hydrogens is 278 g/mol. The van der Waals surface area contributed by atoms with E-state index in [1.54, 1.807) is 4.90 Å². The smallest absolute Gasteiger partial charge is 0.308 e. The van der Waals surface area contributed by atoms with Crippen LogP contribution in [0.15, 0.2) is 24.3 Å². The van der Waals surface area contributed by atoms with Crippen molar-refractivity contribution in [2.45, 2.75) is 18.8 Å². The van der Waals surface area contributed by atoms with E-state index < -0.39 is 11.9 Å². The molecule has 1 aliphatic heterocycles. The van der Waals surface area contributed by atoms with Crippen molar-refractivity contribution >= 4 is 23.5 Å². The number of carbonyl (C=O) groups excluding carboxylic acids is 1. The van der Waals surface area contributed by atoms with Gasteiger partial charge in [0.15, 0.2) is 0 Å². The minimum atomic E-state index is -0.803. The molecule has 5 heteroatoms. The molecule has 0 bridgehead atoms. The van der Waals surface area contributed by atoms with Gasteiger partial charge in [-0.1, -0.05) is 23.7 Å². The van der Waals surface area contributed by atoms with Crippen LogP contribution in [0.25, 0.3) is 0 Å². The lowest BCUT2D eigenvalue weighted by Gasteiger charge is -2.15. The number of halogens is 1. The number of carbonyl (C=O) groups is 2. The number of likely N-dealkylation sites (tertiary alicyclic amines) is 1. The molecule has 1 heterocycles. The summed E-state index contributed by atoms with van der Waals surface area (Å²) in [5, 5.41) is 9.66. The van der Waals surface area contributed by atoms with Crippen molar-refractivity contribution in [3.05, 3.63) is 34.9 Å². The summed E-state index contributed by atoms with van der Waals surface area (Å²) < 4.78 is 0. The minimum absolute atomic E-state index is 0.000937. The number of hydrogen-bond acceptors (Lipinski definition) is 2. The summed E-state index contributed by atoms with van der Waals surface area (Å²) in [7, 11) is 0. The lowest BCUT2D eigenvalue weighted by molar-refractivity contribution is -0.141. The third-order valence-corrected chi connectivity index (χ3v) is 4.47. The SMILES string of the molecule is O=C(O)[C@@H]1CCN(C(=O)[C@H]2C[C@@H]2c2cccc(Cl)c2)C1. The molecule has 4 nitrogen and oxygen atoms in total. The summed E-state index contributed by atoms with van der Waals surface area (Å²) in [6.45, 7) is 0.918. The zero-order valence-electron chi connectivity index (χ0n) is 11.0. The first-order chi connectivity index (χ1) is 9.56. The van der Waals surface area contributed by atoms with E-state index in [0.717, 1.165) is 12.0 Å². The Morgan fingerprint density at radius 2 is 2.15 bits per heavy atom. The Kier molecular flexibility index (Phi) is 3.42. The Bertz CT molecular complexity index is 560. The van der Waals surface area contributed by atoms with Crippen LogP contribution in [0.2, 0.25) is 5.02 Å². The van der Waals surface area contributed by atoms with Crippen molar-refractivity contribution in [1.82, 2.24) is 4.90 Å². The molecule has 1 saturated carbocycles. The summed E-state index contributed by atoms with van der Waals surface area (Å²) in [5.41, 5.74) is 1.10. The fraction of sp³-hybridized carbons (Fsp3) is 0.467. The summed E-state index contributed by atoms with van der Waals surface area (Å²) in [4.78, 5) is 25.0. The van der Waals surface area contributed by atoms with Crippen LogP contribution in [0, 0.1) is 11.8 Å². The fourth-order valence-electron chi connectivity index (χ4n) is 2.97. The number of aliphatic carboxylic acids is 1. The zero-order valence-corrected chi connectivity index (χ0v) is 11.7. The molecule has 0 spiro atoms. The first-order valence-corrected chi connectivity index (χ1v) is 7.21. The van der Waals surface area contributed by atoms with Crippen LogP contribution in [0.3, 0.4) is 0 Å². The van der Waals surface area contributed by atoms with Gasteiger partial charge in [0, 0.05) is 24.0 Å². The van der Waals surface area contributed by atoms with Gasteiger partial charge in [-0.3, -0.25) is 9.59 Å². The Morgan fingerprint density at radius 1 is 1.35 bits per heavy atom. The van der Waals surface area contributed by atoms with E-state index in [-0.39, 0.29) is 17.7 Å². The van der Waals surface area contributed by atoms with E-state index in [1.165, 1.54) is 0 Å². The van der Waals surface area contributed by atoms with Gasteiger partial charge in [0.1, 0.15) is 0 Å². The number of benzene rings is 1. The minimum Gasteiger partial charge on any atom is -0.481 e. The van der Waals surface area contributed by atoms with E-state index in [0.29, 0.717) is 24.5 Å². The quantitative estimate of drug-likeness (QED) is 0.931. The number of hydrogen-bond donors (Lipinski definition) is 1. The number of carboxylic acid groups (broad SMARTS) is 1. The first-order valence-electron chi connectivity index (χ1n) is 6.83. The maximum Gasteiger partial charge on any atom is 0.308 e. The molecule has 2 aliphatic rings. The third-order valence-electron chi connectivity index (χ3n) is 4.23. The molecule has 3 atom stereocenters. The average Bonchev–Trinajstić information content (AvgIpc) is 3.06. The molecule has 1 aliphatic carbocycles. The van der Waals surface area contributed by atoms with Gasteiger partial charge in [-0.05, 0) is 36.5 Å². The molecule has 3 rings (SSSR count). The Labute approximate surface area is 122 Å². The lowest BCUT2D eigenvalue weighted by Crippen LogP contribution is -2.31. The van der Waals surface area contributed by atoms with Gasteiger partial charge in [0.2, 0.25) is 5.91 Å². The number of nitrogens with zero attached hydrogens (tertiary/aromatic N) is 1. The normalized spacial score (nSPS) is 28.4. The van der Waals surface area contributed by atoms with Crippen molar-refractivity contribution in [3.63, 3.8) is 0 Å². The van der Waals surface area contributed by atoms with Gasteiger partial charge in [-0.15, -0.1) is 0 Å². The van der Waals surface area contributed by atoms with Crippen molar-refractivity contribution in [2.24, 2.45) is 11.8 Å². The highest BCUT2D eigenvalue weighted by Gasteiger charge is 2.47. The highest BCUT2D eigenvalue weighted by Crippen LogP contribution is 2.49. The summed E-state index contributed by atoms with van der Waals surface area (Å²) in [6.07, 6.45) is 1.41. The monoisotopic (exact) mass is 293 g/mol. The zero-order chi connectivity index (χ0) is 14.3. The van der Waals surface area contributed by atoms with Gasteiger partial charge >= 0.3 is 5.97 Å². The molecule has 106 valence electrons. The Morgan fingerprint density at radius 3 is 2.80 bits per heavy atom. The average molecular weight is 294 g/mol. The molecule has 0 unspecified atom stereocenters. The molecule has 1 aromatic rings. The first kappa shape index (κ1) is 13.4. The molecule has 0 radical (unpaired) electrons. The van der Waals surface area contributed by atoms with E-state index in [2.05, 4.69) is 0 Å². The lowest BCUT2D eigenvalue weighted by atomic mass is 10.1. The van der Waals surface area contributed by atoms with Gasteiger partial charge in [-0.25, -0.2) is 0 Å². The number of rotatable bonds is 3. The van der Waals surface area contributed by atoms with Crippen LogP contribution in [-0.2, 0) is 9.59 Å². The van der Waals surface area contributed by atoms with Gasteiger partial charge in [0.05, 0.1) is 5.92 Å². The predicted octanol–water partition coefficient (Wildman–Crippen LogP) is 2.38. The standard InChI is InChI=1S/C15H16ClNO3/c16-11-3-1-2-9(6-11)12-7-13(12)14(18)17-5-4-10(8-17)15(19)20/h1-3,6,10,12-13H,4-5,7-8H2,(H,19,20)/t10-,12-,13+/m1/s1. The molecule has 1 aromatic carbocycles. The van der Waals surface area contributed by atoms with E-state index in [1.807, 2.05) is 24.3 Å². The second-order valence-electron chi connectivity index (χ2n) is 5.61. The second kappa shape index (κ2) is 5.09. The fourth-order valence-corrected chi connectivity index (χ4v) is 3.17. The maximum absolute atomic E-state index is 12.3. The Balaban J connectivity index is 1.62. The number of carboxylic acids is 1. The van der Waals surface area contributed by atoms with Crippen LogP contribution in [0.4, 0.5) is 0 Å². The van der Waals surface area contributed by atoms with Crippen LogP contribution < -0.4 is 0 Å². The maximum atomic E-state index is 12.3. The molecule has 20 heavy (non-hydrogen) atoms. The molecule has 1 N–H and O–H groups in total. The van der Waals surface area contributed by atoms with Crippen molar-refractivity contribution in [2.75, 3.05) is 13.1 Å². The van der Waals surface area contributed by atoms with Crippen LogP contribution in [0.5, 0.6) is 0 Å². The predicted molar refractivity (Wildman–Crippen MR) is 74.6 cm³/mol. The van der Waals surface area contributed by atoms with Crippen LogP contribution in [-0.4, -0.2) is 35.0 Å². The van der Waals surface area contributed by atoms with Gasteiger partial charge in [-0.2, -0.15) is 0 Å². The molecule has 1 saturated heterocycles. The van der Waals surface area contributed by atoms with E-state index in [9.17, 15) is 9.59 Å². The molecule has 0 aromatic heterocycles. The van der Waals surface area contributed by atoms with Crippen LogP contribution in [0.1, 0.15) is 24.3 Å². The molecular formula is C15H16ClNO3. The molecule has 2 fully saturated rings.